The summed E-state index contributed by atoms with van der Waals surface area (Å²) in [5.74, 6) is -0.966. The molecule has 0 atom stereocenters. The lowest BCUT2D eigenvalue weighted by Gasteiger charge is -2.35. The molecule has 1 fully saturated rings. The predicted molar refractivity (Wildman–Crippen MR) is 84.8 cm³/mol. The topological polar surface area (TPSA) is 43.9 Å². The van der Waals surface area contributed by atoms with E-state index >= 15 is 0 Å². The van der Waals surface area contributed by atoms with Gasteiger partial charge in [0.2, 0.25) is 0 Å². The van der Waals surface area contributed by atoms with Crippen molar-refractivity contribution in [2.24, 2.45) is 0 Å². The first-order valence-corrected chi connectivity index (χ1v) is 7.82. The summed E-state index contributed by atoms with van der Waals surface area (Å²) in [6, 6.07) is 5.73. The minimum Gasteiger partial charge on any atom is -0.364 e. The number of carbonyl (C=O) groups is 2. The van der Waals surface area contributed by atoms with Crippen LogP contribution in [0.2, 0.25) is 0 Å². The maximum absolute atomic E-state index is 13.2. The van der Waals surface area contributed by atoms with Crippen LogP contribution < -0.4 is 0 Å². The van der Waals surface area contributed by atoms with Gasteiger partial charge in [-0.2, -0.15) is 0 Å². The van der Waals surface area contributed by atoms with Gasteiger partial charge in [0, 0.05) is 33.2 Å². The Morgan fingerprint density at radius 2 is 1.61 bits per heavy atom. The summed E-state index contributed by atoms with van der Waals surface area (Å²) in [4.78, 5) is 30.5. The summed E-state index contributed by atoms with van der Waals surface area (Å²) in [6.07, 6.45) is 0. The minimum absolute atomic E-state index is 0.278. The third-order valence-corrected chi connectivity index (χ3v) is 4.53. The van der Waals surface area contributed by atoms with Crippen molar-refractivity contribution in [2.45, 2.75) is 6.92 Å². The number of hydrogen-bond acceptors (Lipinski definition) is 4. The Morgan fingerprint density at radius 1 is 1.00 bits per heavy atom. The Hall–Kier alpha value is -2.21. The lowest BCUT2D eigenvalue weighted by atomic mass is 10.0. The number of rotatable bonds is 3. The maximum atomic E-state index is 13.2. The molecule has 2 aliphatic rings. The maximum Gasteiger partial charge on any atom is 0.277 e. The van der Waals surface area contributed by atoms with Gasteiger partial charge in [0.05, 0.1) is 5.57 Å². The van der Waals surface area contributed by atoms with Gasteiger partial charge in [0.1, 0.15) is 11.5 Å². The Kier molecular flexibility index (Phi) is 4.17. The SMILES string of the molecule is CCN1CCN(C2=C(c3ccc(F)cc3)C(=O)N(C)C2=O)CC1. The van der Waals surface area contributed by atoms with Crippen molar-refractivity contribution in [3.8, 4) is 0 Å². The third-order valence-electron chi connectivity index (χ3n) is 4.53. The van der Waals surface area contributed by atoms with Gasteiger partial charge in [-0.1, -0.05) is 19.1 Å². The Morgan fingerprint density at radius 3 is 2.17 bits per heavy atom. The zero-order chi connectivity index (χ0) is 16.6. The van der Waals surface area contributed by atoms with Crippen molar-refractivity contribution >= 4 is 17.4 Å². The van der Waals surface area contributed by atoms with E-state index in [1.54, 1.807) is 12.1 Å². The first-order chi connectivity index (χ1) is 11.0. The van der Waals surface area contributed by atoms with Crippen LogP contribution in [-0.2, 0) is 9.59 Å². The molecule has 6 heteroatoms. The van der Waals surface area contributed by atoms with Crippen molar-refractivity contribution in [1.82, 2.24) is 14.7 Å². The van der Waals surface area contributed by atoms with Crippen LogP contribution in [0.1, 0.15) is 12.5 Å². The van der Waals surface area contributed by atoms with E-state index in [9.17, 15) is 14.0 Å². The number of likely N-dealkylation sites (N-methyl/N-ethyl adjacent to an activating group) is 2. The van der Waals surface area contributed by atoms with E-state index in [4.69, 9.17) is 0 Å². The van der Waals surface area contributed by atoms with Crippen LogP contribution in [0, 0.1) is 5.82 Å². The van der Waals surface area contributed by atoms with Crippen LogP contribution in [0.25, 0.3) is 5.57 Å². The van der Waals surface area contributed by atoms with Crippen LogP contribution in [0.15, 0.2) is 30.0 Å². The average Bonchev–Trinajstić information content (AvgIpc) is 2.80. The molecule has 122 valence electrons. The zero-order valence-corrected chi connectivity index (χ0v) is 13.4. The largest absolute Gasteiger partial charge is 0.364 e. The van der Waals surface area contributed by atoms with Crippen LogP contribution in [0.5, 0.6) is 0 Å². The number of imide groups is 1. The number of carbonyl (C=O) groups excluding carboxylic acids is 2. The van der Waals surface area contributed by atoms with Crippen molar-refractivity contribution in [3.63, 3.8) is 0 Å². The van der Waals surface area contributed by atoms with Crippen molar-refractivity contribution in [1.29, 1.82) is 0 Å². The average molecular weight is 317 g/mol. The van der Waals surface area contributed by atoms with Gasteiger partial charge in [-0.15, -0.1) is 0 Å². The minimum atomic E-state index is -0.363. The van der Waals surface area contributed by atoms with Gasteiger partial charge in [-0.25, -0.2) is 4.39 Å². The molecule has 1 aromatic carbocycles. The Labute approximate surface area is 135 Å². The molecule has 0 aromatic heterocycles. The van der Waals surface area contributed by atoms with E-state index in [1.807, 2.05) is 4.90 Å². The molecule has 5 nitrogen and oxygen atoms in total. The molecule has 0 N–H and O–H groups in total. The fourth-order valence-electron chi connectivity index (χ4n) is 3.08. The number of piperazine rings is 1. The van der Waals surface area contributed by atoms with E-state index in [1.165, 1.54) is 19.2 Å². The fraction of sp³-hybridized carbons (Fsp3) is 0.412. The quantitative estimate of drug-likeness (QED) is 0.785. The summed E-state index contributed by atoms with van der Waals surface area (Å²) in [5.41, 5.74) is 1.41. The van der Waals surface area contributed by atoms with E-state index in [0.717, 1.165) is 24.5 Å². The predicted octanol–water partition coefficient (Wildman–Crippen LogP) is 1.17. The molecule has 0 radical (unpaired) electrons. The van der Waals surface area contributed by atoms with Crippen LogP contribution in [0.4, 0.5) is 4.39 Å². The molecule has 1 aromatic rings. The first-order valence-electron chi connectivity index (χ1n) is 7.82. The van der Waals surface area contributed by atoms with Gasteiger partial charge in [0.25, 0.3) is 11.8 Å². The summed E-state index contributed by atoms with van der Waals surface area (Å²) >= 11 is 0. The third kappa shape index (κ3) is 2.74. The van der Waals surface area contributed by atoms with Gasteiger partial charge in [0.15, 0.2) is 0 Å². The standard InChI is InChI=1S/C17H20FN3O2/c1-3-20-8-10-21(11-9-20)15-14(16(22)19(2)17(15)23)12-4-6-13(18)7-5-12/h4-7H,3,8-11H2,1-2H3. The molecule has 2 heterocycles. The molecule has 1 saturated heterocycles. The monoisotopic (exact) mass is 317 g/mol. The summed E-state index contributed by atoms with van der Waals surface area (Å²) in [7, 11) is 1.49. The van der Waals surface area contributed by atoms with Crippen LogP contribution >= 0.6 is 0 Å². The smallest absolute Gasteiger partial charge is 0.277 e. The van der Waals surface area contributed by atoms with Crippen LogP contribution in [0.3, 0.4) is 0 Å². The fourth-order valence-corrected chi connectivity index (χ4v) is 3.08. The van der Waals surface area contributed by atoms with E-state index in [2.05, 4.69) is 11.8 Å². The highest BCUT2D eigenvalue weighted by Gasteiger charge is 2.40. The van der Waals surface area contributed by atoms with Crippen molar-refractivity contribution in [2.75, 3.05) is 39.8 Å². The molecular weight excluding hydrogens is 297 g/mol. The summed E-state index contributed by atoms with van der Waals surface area (Å²) < 4.78 is 13.2. The number of nitrogens with zero attached hydrogens (tertiary/aromatic N) is 3. The highest BCUT2D eigenvalue weighted by molar-refractivity contribution is 6.35. The highest BCUT2D eigenvalue weighted by atomic mass is 19.1. The molecule has 0 spiro atoms. The lowest BCUT2D eigenvalue weighted by molar-refractivity contribution is -0.136. The number of benzene rings is 1. The second kappa shape index (κ2) is 6.12. The van der Waals surface area contributed by atoms with E-state index in [0.29, 0.717) is 29.9 Å². The Bertz CT molecular complexity index is 661. The number of halogens is 1. The summed E-state index contributed by atoms with van der Waals surface area (Å²) in [5, 5.41) is 0. The summed E-state index contributed by atoms with van der Waals surface area (Å²) in [6.45, 7) is 6.23. The molecule has 0 bridgehead atoms. The highest BCUT2D eigenvalue weighted by Crippen LogP contribution is 2.31. The van der Waals surface area contributed by atoms with Crippen molar-refractivity contribution in [3.05, 3.63) is 41.3 Å². The van der Waals surface area contributed by atoms with E-state index in [-0.39, 0.29) is 17.6 Å². The molecular formula is C17H20FN3O2. The van der Waals surface area contributed by atoms with Gasteiger partial charge >= 0.3 is 0 Å². The van der Waals surface area contributed by atoms with Gasteiger partial charge < -0.3 is 9.80 Å². The number of amides is 2. The van der Waals surface area contributed by atoms with Gasteiger partial charge in [-0.05, 0) is 24.2 Å². The molecule has 23 heavy (non-hydrogen) atoms. The van der Waals surface area contributed by atoms with Crippen molar-refractivity contribution < 1.29 is 14.0 Å². The zero-order valence-electron chi connectivity index (χ0n) is 13.4. The van der Waals surface area contributed by atoms with Crippen LogP contribution in [-0.4, -0.2) is 66.3 Å². The first kappa shape index (κ1) is 15.7. The molecule has 2 aliphatic heterocycles. The molecule has 0 unspecified atom stereocenters. The van der Waals surface area contributed by atoms with E-state index < -0.39 is 0 Å². The second-order valence-electron chi connectivity index (χ2n) is 5.82. The molecule has 2 amide bonds. The number of hydrogen-bond donors (Lipinski definition) is 0. The normalized spacial score (nSPS) is 20.0. The second-order valence-corrected chi connectivity index (χ2v) is 5.82. The molecule has 3 rings (SSSR count). The lowest BCUT2D eigenvalue weighted by Crippen LogP contribution is -2.47. The van der Waals surface area contributed by atoms with Gasteiger partial charge in [-0.3, -0.25) is 14.5 Å². The Balaban J connectivity index is 1.99. The molecule has 0 aliphatic carbocycles. The molecule has 0 saturated carbocycles.